The Morgan fingerprint density at radius 2 is 1.82 bits per heavy atom. The van der Waals surface area contributed by atoms with Gasteiger partial charge in [0.15, 0.2) is 5.79 Å². The van der Waals surface area contributed by atoms with Gasteiger partial charge in [0.1, 0.15) is 6.61 Å². The van der Waals surface area contributed by atoms with E-state index in [1.807, 2.05) is 20.8 Å². The van der Waals surface area contributed by atoms with E-state index in [0.29, 0.717) is 32.1 Å². The molecule has 1 saturated heterocycles. The van der Waals surface area contributed by atoms with Crippen molar-refractivity contribution in [3.63, 3.8) is 0 Å². The Bertz CT molecular complexity index is 932. The zero-order chi connectivity index (χ0) is 24.3. The van der Waals surface area contributed by atoms with Crippen LogP contribution in [-0.4, -0.2) is 74.9 Å². The summed E-state index contributed by atoms with van der Waals surface area (Å²) in [7, 11) is 0. The fourth-order valence-corrected chi connectivity index (χ4v) is 9.45. The topological polar surface area (TPSA) is 126 Å². The Morgan fingerprint density at radius 3 is 2.53 bits per heavy atom. The Kier molecular flexibility index (Phi) is 4.84. The van der Waals surface area contributed by atoms with E-state index in [4.69, 9.17) is 14.2 Å². The van der Waals surface area contributed by atoms with Crippen LogP contribution in [0.25, 0.3) is 0 Å². The van der Waals surface area contributed by atoms with Crippen molar-refractivity contribution in [3.8, 4) is 0 Å². The molecule has 0 radical (unpaired) electrons. The van der Waals surface area contributed by atoms with Crippen LogP contribution in [0.2, 0.25) is 0 Å². The summed E-state index contributed by atoms with van der Waals surface area (Å²) in [5.74, 6) is -1.91. The van der Waals surface area contributed by atoms with Crippen molar-refractivity contribution in [1.82, 2.24) is 0 Å². The maximum atomic E-state index is 12.4. The molecule has 0 aromatic carbocycles. The van der Waals surface area contributed by atoms with E-state index in [2.05, 4.69) is 0 Å². The minimum absolute atomic E-state index is 0.0420. The van der Waals surface area contributed by atoms with E-state index in [-0.39, 0.29) is 37.4 Å². The molecule has 0 unspecified atom stereocenters. The molecular weight excluding hydrogens is 440 g/mol. The summed E-state index contributed by atoms with van der Waals surface area (Å²) in [6.45, 7) is 6.19. The lowest BCUT2D eigenvalue weighted by Gasteiger charge is -2.70. The second-order valence-electron chi connectivity index (χ2n) is 12.7. The van der Waals surface area contributed by atoms with Crippen LogP contribution in [0.5, 0.6) is 0 Å². The summed E-state index contributed by atoms with van der Waals surface area (Å²) in [6, 6.07) is 0. The van der Waals surface area contributed by atoms with Gasteiger partial charge in [0.2, 0.25) is 0 Å². The zero-order valence-electron chi connectivity index (χ0n) is 20.3. The maximum absolute atomic E-state index is 12.4. The Balaban J connectivity index is 1.43. The summed E-state index contributed by atoms with van der Waals surface area (Å²) >= 11 is 0. The molecule has 4 saturated carbocycles. The van der Waals surface area contributed by atoms with Gasteiger partial charge in [0.05, 0.1) is 41.5 Å². The van der Waals surface area contributed by atoms with Gasteiger partial charge in [-0.2, -0.15) is 0 Å². The van der Waals surface area contributed by atoms with Crippen molar-refractivity contribution in [2.45, 2.75) is 101 Å². The van der Waals surface area contributed by atoms with Crippen LogP contribution in [-0.2, 0) is 19.0 Å². The van der Waals surface area contributed by atoms with E-state index < -0.39 is 52.0 Å². The Hall–Kier alpha value is -1.03. The van der Waals surface area contributed by atoms with Crippen LogP contribution >= 0.6 is 0 Å². The monoisotopic (exact) mass is 478 g/mol. The smallest absolute Gasteiger partial charge is 0.331 e. The second-order valence-corrected chi connectivity index (χ2v) is 12.7. The van der Waals surface area contributed by atoms with E-state index in [9.17, 15) is 25.2 Å². The van der Waals surface area contributed by atoms with E-state index in [1.165, 1.54) is 0 Å². The quantitative estimate of drug-likeness (QED) is 0.417. The maximum Gasteiger partial charge on any atom is 0.331 e. The molecule has 5 fully saturated rings. The van der Waals surface area contributed by atoms with Crippen LogP contribution in [0, 0.1) is 28.6 Å². The molecule has 34 heavy (non-hydrogen) atoms. The highest BCUT2D eigenvalue weighted by Crippen LogP contribution is 2.71. The summed E-state index contributed by atoms with van der Waals surface area (Å²) in [4.78, 5) is 11.8. The molecule has 0 amide bonds. The van der Waals surface area contributed by atoms with Gasteiger partial charge in [-0.05, 0) is 63.4 Å². The number of rotatable bonds is 1. The number of aliphatic hydroxyl groups excluding tert-OH is 2. The van der Waals surface area contributed by atoms with Gasteiger partial charge in [-0.15, -0.1) is 0 Å². The lowest BCUT2D eigenvalue weighted by atomic mass is 9.40. The third kappa shape index (κ3) is 2.78. The van der Waals surface area contributed by atoms with Gasteiger partial charge in [-0.3, -0.25) is 0 Å². The number of aliphatic hydroxyl groups is 4. The fourth-order valence-electron chi connectivity index (χ4n) is 9.45. The van der Waals surface area contributed by atoms with Crippen molar-refractivity contribution in [3.05, 3.63) is 11.6 Å². The molecule has 8 heteroatoms. The first kappa shape index (κ1) is 23.4. The first-order valence-corrected chi connectivity index (χ1v) is 12.9. The van der Waals surface area contributed by atoms with E-state index >= 15 is 0 Å². The standard InChI is InChI=1S/C26H38O8/c1-22(2)33-13-25-19(34-22)9-15(27)10-24(25,30)6-4-17-21(25)18(28)11-23(3)16(5-7-26(17,23)31)14-8-20(29)32-12-14/h8,15-19,21,27-28,30-31H,4-7,9-13H2,1-3H3/t15-,16-,17-,18+,19-,21-,23+,24+,25+,26-/m0/s1. The van der Waals surface area contributed by atoms with Gasteiger partial charge in [0.25, 0.3) is 0 Å². The molecule has 6 aliphatic rings. The normalized spacial score (nSPS) is 56.0. The molecule has 0 aromatic heterocycles. The molecule has 190 valence electrons. The number of ether oxygens (including phenoxy) is 3. The van der Waals surface area contributed by atoms with Crippen LogP contribution in [0.15, 0.2) is 11.6 Å². The molecular formula is C26H38O8. The number of carbonyl (C=O) groups excluding carboxylic acids is 1. The van der Waals surface area contributed by atoms with Gasteiger partial charge in [-0.1, -0.05) is 6.92 Å². The van der Waals surface area contributed by atoms with Crippen molar-refractivity contribution in [1.29, 1.82) is 0 Å². The third-order valence-electron chi connectivity index (χ3n) is 10.8. The Morgan fingerprint density at radius 1 is 1.06 bits per heavy atom. The molecule has 6 rings (SSSR count). The SMILES string of the molecule is CC1(C)OC[C@@]23[C@@H]4[C@H](O)C[C@]5(C)[C@H](C6=CC(=O)OC6)CC[C@]5(O)[C@H]4CC[C@@]2(O)C[C@@H](O)C[C@@H]3O1. The van der Waals surface area contributed by atoms with Crippen LogP contribution in [0.1, 0.15) is 65.7 Å². The van der Waals surface area contributed by atoms with E-state index in [0.717, 1.165) is 12.0 Å². The van der Waals surface area contributed by atoms with E-state index in [1.54, 1.807) is 6.08 Å². The van der Waals surface area contributed by atoms with Gasteiger partial charge in [0, 0.05) is 30.3 Å². The Labute approximate surface area is 200 Å². The van der Waals surface area contributed by atoms with Crippen molar-refractivity contribution in [2.75, 3.05) is 13.2 Å². The molecule has 4 N–H and O–H groups in total. The lowest BCUT2D eigenvalue weighted by Crippen LogP contribution is -2.78. The summed E-state index contributed by atoms with van der Waals surface area (Å²) in [6.07, 6.45) is 2.81. The van der Waals surface area contributed by atoms with Crippen LogP contribution in [0.3, 0.4) is 0 Å². The number of cyclic esters (lactones) is 1. The fraction of sp³-hybridized carbons (Fsp3) is 0.885. The van der Waals surface area contributed by atoms with Gasteiger partial charge in [-0.25, -0.2) is 4.79 Å². The predicted octanol–water partition coefficient (Wildman–Crippen LogP) is 1.43. The average Bonchev–Trinajstić information content (AvgIpc) is 3.26. The molecule has 1 spiro atoms. The number of esters is 1. The highest BCUT2D eigenvalue weighted by Gasteiger charge is 2.76. The summed E-state index contributed by atoms with van der Waals surface area (Å²) < 4.78 is 17.7. The molecule has 10 atom stereocenters. The lowest BCUT2D eigenvalue weighted by molar-refractivity contribution is -0.401. The zero-order valence-corrected chi connectivity index (χ0v) is 20.3. The summed E-state index contributed by atoms with van der Waals surface area (Å²) in [5, 5.41) is 46.9. The molecule has 2 aliphatic heterocycles. The number of fused-ring (bicyclic) bond motifs is 3. The largest absolute Gasteiger partial charge is 0.458 e. The van der Waals surface area contributed by atoms with Crippen LogP contribution < -0.4 is 0 Å². The first-order valence-electron chi connectivity index (χ1n) is 12.9. The highest BCUT2D eigenvalue weighted by atomic mass is 16.7. The average molecular weight is 479 g/mol. The first-order chi connectivity index (χ1) is 15.9. The van der Waals surface area contributed by atoms with Crippen molar-refractivity contribution < 1.29 is 39.4 Å². The van der Waals surface area contributed by atoms with Crippen molar-refractivity contribution in [2.24, 2.45) is 28.6 Å². The molecule has 8 nitrogen and oxygen atoms in total. The molecule has 0 bridgehead atoms. The second kappa shape index (κ2) is 7.05. The molecule has 4 aliphatic carbocycles. The number of hydrogen-bond donors (Lipinski definition) is 4. The van der Waals surface area contributed by atoms with Gasteiger partial charge >= 0.3 is 5.97 Å². The minimum Gasteiger partial charge on any atom is -0.458 e. The predicted molar refractivity (Wildman–Crippen MR) is 119 cm³/mol. The van der Waals surface area contributed by atoms with Crippen molar-refractivity contribution >= 4 is 5.97 Å². The van der Waals surface area contributed by atoms with Crippen LogP contribution in [0.4, 0.5) is 0 Å². The summed E-state index contributed by atoms with van der Waals surface area (Å²) in [5.41, 5.74) is -2.92. The number of carbonyl (C=O) groups is 1. The molecule has 2 heterocycles. The number of hydrogen-bond acceptors (Lipinski definition) is 8. The van der Waals surface area contributed by atoms with Gasteiger partial charge < -0.3 is 34.6 Å². The molecule has 0 aromatic rings. The highest BCUT2D eigenvalue weighted by molar-refractivity contribution is 5.85. The minimum atomic E-state index is -1.25. The third-order valence-corrected chi connectivity index (χ3v) is 10.8.